The molecule has 2 rings (SSSR count). The number of aryl methyl sites for hydroxylation is 1. The second-order valence-corrected chi connectivity index (χ2v) is 5.25. The topological polar surface area (TPSA) is 49.8 Å². The van der Waals surface area contributed by atoms with Gasteiger partial charge in [-0.3, -0.25) is 0 Å². The van der Waals surface area contributed by atoms with Gasteiger partial charge < -0.3 is 10.6 Å². The van der Waals surface area contributed by atoms with E-state index in [-0.39, 0.29) is 11.6 Å². The third-order valence-electron chi connectivity index (χ3n) is 2.55. The van der Waals surface area contributed by atoms with Crippen molar-refractivity contribution in [2.75, 3.05) is 17.2 Å². The molecule has 0 aliphatic rings. The summed E-state index contributed by atoms with van der Waals surface area (Å²) in [6.45, 7) is 4.80. The molecular weight excluding hydrogens is 282 g/mol. The fourth-order valence-corrected chi connectivity index (χ4v) is 2.31. The first kappa shape index (κ1) is 14.6. The van der Waals surface area contributed by atoms with Gasteiger partial charge in [0.2, 0.25) is 0 Å². The van der Waals surface area contributed by atoms with E-state index in [0.29, 0.717) is 13.1 Å². The van der Waals surface area contributed by atoms with E-state index in [1.165, 1.54) is 11.3 Å². The van der Waals surface area contributed by atoms with Gasteiger partial charge in [-0.25, -0.2) is 18.7 Å². The number of nitrogens with zero attached hydrogens (tertiary/aromatic N) is 2. The molecule has 2 aromatic heterocycles. The Labute approximate surface area is 120 Å². The molecule has 0 saturated heterocycles. The molecule has 7 heteroatoms. The highest BCUT2D eigenvalue weighted by Gasteiger charge is 2.11. The Morgan fingerprint density at radius 3 is 2.45 bits per heavy atom. The van der Waals surface area contributed by atoms with Crippen LogP contribution in [0.4, 0.5) is 20.4 Å². The number of anilines is 2. The van der Waals surface area contributed by atoms with Gasteiger partial charge in [-0.1, -0.05) is 6.92 Å². The largest absolute Gasteiger partial charge is 0.368 e. The minimum absolute atomic E-state index is 0.0258. The first-order valence-electron chi connectivity index (χ1n) is 6.35. The van der Waals surface area contributed by atoms with Crippen molar-refractivity contribution in [3.05, 3.63) is 33.8 Å². The Bertz CT molecular complexity index is 586. The van der Waals surface area contributed by atoms with Crippen LogP contribution in [0.1, 0.15) is 24.0 Å². The third kappa shape index (κ3) is 3.63. The van der Waals surface area contributed by atoms with Crippen LogP contribution in [0, 0.1) is 18.6 Å². The van der Waals surface area contributed by atoms with Gasteiger partial charge in [-0.2, -0.15) is 0 Å². The molecule has 108 valence electrons. The molecule has 0 aromatic carbocycles. The van der Waals surface area contributed by atoms with Crippen LogP contribution < -0.4 is 10.6 Å². The number of nitrogens with one attached hydrogen (secondary N) is 2. The molecule has 0 aliphatic heterocycles. The van der Waals surface area contributed by atoms with Crippen molar-refractivity contribution in [3.8, 4) is 0 Å². The number of pyridine rings is 1. The van der Waals surface area contributed by atoms with E-state index in [2.05, 4.69) is 20.6 Å². The molecule has 20 heavy (non-hydrogen) atoms. The lowest BCUT2D eigenvalue weighted by atomic mass is 10.3. The van der Waals surface area contributed by atoms with Gasteiger partial charge in [0.25, 0.3) is 0 Å². The van der Waals surface area contributed by atoms with Gasteiger partial charge in [-0.05, 0) is 13.3 Å². The fourth-order valence-electron chi connectivity index (χ4n) is 1.60. The van der Waals surface area contributed by atoms with Crippen molar-refractivity contribution in [1.82, 2.24) is 9.97 Å². The maximum Gasteiger partial charge on any atom is 0.168 e. The Morgan fingerprint density at radius 2 is 1.85 bits per heavy atom. The minimum atomic E-state index is -0.710. The standard InChI is InChI=1S/C13H16F2N4S/c1-3-4-16-12-9(14)5-10(15)13(19-12)17-6-11-18-8(2)7-20-11/h5,7H,3-4,6H2,1-2H3,(H2,16,17,19). The Morgan fingerprint density at radius 1 is 1.15 bits per heavy atom. The number of halogens is 2. The van der Waals surface area contributed by atoms with E-state index < -0.39 is 11.6 Å². The van der Waals surface area contributed by atoms with Crippen molar-refractivity contribution in [1.29, 1.82) is 0 Å². The van der Waals surface area contributed by atoms with Crippen LogP contribution in [-0.2, 0) is 6.54 Å². The first-order chi connectivity index (χ1) is 9.60. The van der Waals surface area contributed by atoms with Gasteiger partial charge in [-0.15, -0.1) is 11.3 Å². The van der Waals surface area contributed by atoms with Crippen molar-refractivity contribution in [3.63, 3.8) is 0 Å². The molecule has 0 amide bonds. The number of rotatable bonds is 6. The highest BCUT2D eigenvalue weighted by molar-refractivity contribution is 7.09. The van der Waals surface area contributed by atoms with Crippen molar-refractivity contribution in [2.24, 2.45) is 0 Å². The summed E-state index contributed by atoms with van der Waals surface area (Å²) < 4.78 is 27.2. The van der Waals surface area contributed by atoms with Crippen LogP contribution in [0.2, 0.25) is 0 Å². The predicted octanol–water partition coefficient (Wildman–Crippen LogP) is 3.56. The molecular formula is C13H16F2N4S. The van der Waals surface area contributed by atoms with Crippen molar-refractivity contribution >= 4 is 23.0 Å². The average molecular weight is 298 g/mol. The molecule has 0 unspecified atom stereocenters. The number of hydrogen-bond donors (Lipinski definition) is 2. The zero-order valence-corrected chi connectivity index (χ0v) is 12.2. The number of hydrogen-bond acceptors (Lipinski definition) is 5. The van der Waals surface area contributed by atoms with Crippen LogP contribution in [-0.4, -0.2) is 16.5 Å². The lowest BCUT2D eigenvalue weighted by Gasteiger charge is -2.10. The van der Waals surface area contributed by atoms with Crippen LogP contribution in [0.15, 0.2) is 11.4 Å². The van der Waals surface area contributed by atoms with E-state index >= 15 is 0 Å². The van der Waals surface area contributed by atoms with E-state index in [4.69, 9.17) is 0 Å². The van der Waals surface area contributed by atoms with Crippen molar-refractivity contribution in [2.45, 2.75) is 26.8 Å². The number of thiazole rings is 1. The van der Waals surface area contributed by atoms with Gasteiger partial charge in [0.15, 0.2) is 23.3 Å². The van der Waals surface area contributed by atoms with Gasteiger partial charge in [0.1, 0.15) is 5.01 Å². The van der Waals surface area contributed by atoms with Gasteiger partial charge >= 0.3 is 0 Å². The molecule has 2 heterocycles. The van der Waals surface area contributed by atoms with Crippen LogP contribution in [0.25, 0.3) is 0 Å². The molecule has 0 aliphatic carbocycles. The first-order valence-corrected chi connectivity index (χ1v) is 7.23. The molecule has 0 bridgehead atoms. The zero-order valence-electron chi connectivity index (χ0n) is 11.3. The summed E-state index contributed by atoms with van der Waals surface area (Å²) in [5, 5.41) is 8.41. The molecule has 2 aromatic rings. The van der Waals surface area contributed by atoms with E-state index in [0.717, 1.165) is 23.2 Å². The quantitative estimate of drug-likeness (QED) is 0.856. The summed E-state index contributed by atoms with van der Waals surface area (Å²) in [4.78, 5) is 8.20. The summed E-state index contributed by atoms with van der Waals surface area (Å²) >= 11 is 1.48. The minimum Gasteiger partial charge on any atom is -0.368 e. The lowest BCUT2D eigenvalue weighted by Crippen LogP contribution is -2.09. The molecule has 0 atom stereocenters. The molecule has 0 spiro atoms. The molecule has 0 radical (unpaired) electrons. The van der Waals surface area contributed by atoms with E-state index in [9.17, 15) is 8.78 Å². The Kier molecular flexibility index (Phi) is 4.84. The predicted molar refractivity (Wildman–Crippen MR) is 77.1 cm³/mol. The monoisotopic (exact) mass is 298 g/mol. The fraction of sp³-hybridized carbons (Fsp3) is 0.385. The molecule has 4 nitrogen and oxygen atoms in total. The molecule has 2 N–H and O–H groups in total. The van der Waals surface area contributed by atoms with Crippen molar-refractivity contribution < 1.29 is 8.78 Å². The number of aromatic nitrogens is 2. The van der Waals surface area contributed by atoms with E-state index in [1.54, 1.807) is 0 Å². The van der Waals surface area contributed by atoms with Gasteiger partial charge in [0.05, 0.1) is 6.54 Å². The smallest absolute Gasteiger partial charge is 0.168 e. The maximum atomic E-state index is 13.7. The maximum absolute atomic E-state index is 13.7. The zero-order chi connectivity index (χ0) is 14.5. The van der Waals surface area contributed by atoms with Crippen LogP contribution in [0.3, 0.4) is 0 Å². The Balaban J connectivity index is 2.09. The summed E-state index contributed by atoms with van der Waals surface area (Å²) in [6.07, 6.45) is 0.833. The normalized spacial score (nSPS) is 10.6. The van der Waals surface area contributed by atoms with Crippen LogP contribution >= 0.6 is 11.3 Å². The molecule has 0 fully saturated rings. The summed E-state index contributed by atoms with van der Waals surface area (Å²) in [5.41, 5.74) is 0.921. The highest BCUT2D eigenvalue weighted by Crippen LogP contribution is 2.20. The molecule has 0 saturated carbocycles. The Hall–Kier alpha value is -1.76. The second-order valence-electron chi connectivity index (χ2n) is 4.31. The van der Waals surface area contributed by atoms with Gasteiger partial charge in [0, 0.05) is 23.7 Å². The van der Waals surface area contributed by atoms with E-state index in [1.807, 2.05) is 19.2 Å². The van der Waals surface area contributed by atoms with Crippen LogP contribution in [0.5, 0.6) is 0 Å². The third-order valence-corrected chi connectivity index (χ3v) is 3.51. The SMILES string of the molecule is CCCNc1nc(NCc2nc(C)cs2)c(F)cc1F. The summed E-state index contributed by atoms with van der Waals surface area (Å²) in [5.74, 6) is -1.31. The average Bonchev–Trinajstić information content (AvgIpc) is 2.82. The summed E-state index contributed by atoms with van der Waals surface area (Å²) in [7, 11) is 0. The lowest BCUT2D eigenvalue weighted by molar-refractivity contribution is 0.577. The highest BCUT2D eigenvalue weighted by atomic mass is 32.1. The summed E-state index contributed by atoms with van der Waals surface area (Å²) in [6, 6.07) is 0.834. The second kappa shape index (κ2) is 6.60.